The Morgan fingerprint density at radius 3 is 2.29 bits per heavy atom. The van der Waals surface area contributed by atoms with Gasteiger partial charge in [-0.1, -0.05) is 84.9 Å². The summed E-state index contributed by atoms with van der Waals surface area (Å²) in [4.78, 5) is 29.0. The molecule has 0 bridgehead atoms. The molecule has 7 nitrogen and oxygen atoms in total. The van der Waals surface area contributed by atoms with Crippen LogP contribution in [0.15, 0.2) is 77.7 Å². The van der Waals surface area contributed by atoms with E-state index in [1.54, 1.807) is 68.4 Å². The standard InChI is InChI=1S/C31H35Cl2N3O4S/c1-22-17-18-25(32)19-29(22)36(41(39,40)27-14-7-4-8-15-27)21-30(37)35(20-24-11-9-10-16-28(24)33)23(2)31(38)34-26-12-5-3-6-13-26/h4,7-11,14-19,23,26H,3,5-6,12-13,20-21H2,1-2H3,(H,34,38)/t23-/m1/s1. The number of sulfonamides is 1. The highest BCUT2D eigenvalue weighted by atomic mass is 35.5. The molecule has 2 amide bonds. The third kappa shape index (κ3) is 7.61. The van der Waals surface area contributed by atoms with Gasteiger partial charge in [-0.05, 0) is 68.1 Å². The molecule has 1 fully saturated rings. The quantitative estimate of drug-likeness (QED) is 0.287. The van der Waals surface area contributed by atoms with Crippen LogP contribution in [0.5, 0.6) is 0 Å². The average Bonchev–Trinajstić information content (AvgIpc) is 2.97. The van der Waals surface area contributed by atoms with Crippen LogP contribution in [0.2, 0.25) is 10.0 Å². The normalized spacial score (nSPS) is 14.7. The summed E-state index contributed by atoms with van der Waals surface area (Å²) < 4.78 is 29.0. The minimum absolute atomic E-state index is 0.0332. The molecule has 0 saturated heterocycles. The van der Waals surface area contributed by atoms with E-state index in [9.17, 15) is 18.0 Å². The summed E-state index contributed by atoms with van der Waals surface area (Å²) >= 11 is 12.7. The minimum atomic E-state index is -4.17. The molecule has 10 heteroatoms. The second-order valence-corrected chi connectivity index (χ2v) is 13.1. The first-order chi connectivity index (χ1) is 19.6. The molecule has 41 heavy (non-hydrogen) atoms. The molecule has 1 saturated carbocycles. The smallest absolute Gasteiger partial charge is 0.264 e. The highest BCUT2D eigenvalue weighted by Crippen LogP contribution is 2.30. The Balaban J connectivity index is 1.71. The second kappa shape index (κ2) is 13.7. The molecule has 1 atom stereocenters. The molecule has 4 rings (SSSR count). The molecule has 3 aromatic rings. The van der Waals surface area contributed by atoms with E-state index in [2.05, 4.69) is 5.32 Å². The maximum absolute atomic E-state index is 14.1. The molecule has 1 aliphatic carbocycles. The molecular formula is C31H35Cl2N3O4S. The van der Waals surface area contributed by atoms with Crippen molar-refractivity contribution in [1.29, 1.82) is 0 Å². The number of carbonyl (C=O) groups excluding carboxylic acids is 2. The van der Waals surface area contributed by atoms with Crippen molar-refractivity contribution >= 4 is 50.7 Å². The van der Waals surface area contributed by atoms with E-state index < -0.39 is 28.5 Å². The van der Waals surface area contributed by atoms with Gasteiger partial charge in [-0.2, -0.15) is 0 Å². The number of carbonyl (C=O) groups is 2. The van der Waals surface area contributed by atoms with E-state index in [0.717, 1.165) is 36.4 Å². The van der Waals surface area contributed by atoms with E-state index in [1.807, 2.05) is 0 Å². The van der Waals surface area contributed by atoms with E-state index in [4.69, 9.17) is 23.2 Å². The SMILES string of the molecule is Cc1ccc(Cl)cc1N(CC(=O)N(Cc1ccccc1Cl)[C@H](C)C(=O)NC1CCCCC1)S(=O)(=O)c1ccccc1. The summed E-state index contributed by atoms with van der Waals surface area (Å²) in [6.07, 6.45) is 5.04. The van der Waals surface area contributed by atoms with E-state index in [1.165, 1.54) is 23.1 Å². The van der Waals surface area contributed by atoms with Gasteiger partial charge in [-0.15, -0.1) is 0 Å². The Labute approximate surface area is 252 Å². The molecule has 1 N–H and O–H groups in total. The lowest BCUT2D eigenvalue weighted by Gasteiger charge is -2.33. The molecular weight excluding hydrogens is 581 g/mol. The number of hydrogen-bond acceptors (Lipinski definition) is 4. The lowest BCUT2D eigenvalue weighted by Crippen LogP contribution is -2.53. The summed E-state index contributed by atoms with van der Waals surface area (Å²) in [5.74, 6) is -0.830. The van der Waals surface area contributed by atoms with Gasteiger partial charge in [-0.25, -0.2) is 8.42 Å². The largest absolute Gasteiger partial charge is 0.352 e. The molecule has 0 unspecified atom stereocenters. The number of nitrogens with zero attached hydrogens (tertiary/aromatic N) is 2. The van der Waals surface area contributed by atoms with Crippen LogP contribution in [0.3, 0.4) is 0 Å². The molecule has 1 aliphatic rings. The van der Waals surface area contributed by atoms with Gasteiger partial charge in [0.05, 0.1) is 10.6 Å². The molecule has 0 spiro atoms. The molecule has 0 radical (unpaired) electrons. The van der Waals surface area contributed by atoms with Gasteiger partial charge in [0.1, 0.15) is 12.6 Å². The third-order valence-electron chi connectivity index (χ3n) is 7.47. The van der Waals surface area contributed by atoms with Crippen molar-refractivity contribution in [2.24, 2.45) is 0 Å². The van der Waals surface area contributed by atoms with Crippen molar-refractivity contribution in [3.05, 3.63) is 94.0 Å². The molecule has 0 heterocycles. The second-order valence-electron chi connectivity index (χ2n) is 10.4. The van der Waals surface area contributed by atoms with E-state index in [-0.39, 0.29) is 29.1 Å². The fourth-order valence-electron chi connectivity index (χ4n) is 5.05. The highest BCUT2D eigenvalue weighted by Gasteiger charge is 2.34. The fourth-order valence-corrected chi connectivity index (χ4v) is 6.90. The fraction of sp³-hybridized carbons (Fsp3) is 0.355. The van der Waals surface area contributed by atoms with Gasteiger partial charge in [0.15, 0.2) is 0 Å². The first-order valence-electron chi connectivity index (χ1n) is 13.7. The molecule has 218 valence electrons. The summed E-state index contributed by atoms with van der Waals surface area (Å²) in [6, 6.07) is 19.1. The first-order valence-corrected chi connectivity index (χ1v) is 15.9. The predicted octanol–water partition coefficient (Wildman–Crippen LogP) is 6.36. The van der Waals surface area contributed by atoms with Crippen molar-refractivity contribution in [2.45, 2.75) is 69.5 Å². The number of amides is 2. The van der Waals surface area contributed by atoms with Crippen LogP contribution in [-0.4, -0.2) is 43.8 Å². The van der Waals surface area contributed by atoms with Gasteiger partial charge in [0, 0.05) is 22.6 Å². The number of aryl methyl sites for hydroxylation is 1. The number of rotatable bonds is 10. The van der Waals surface area contributed by atoms with Gasteiger partial charge < -0.3 is 10.2 Å². The van der Waals surface area contributed by atoms with Gasteiger partial charge in [-0.3, -0.25) is 13.9 Å². The average molecular weight is 617 g/mol. The lowest BCUT2D eigenvalue weighted by molar-refractivity contribution is -0.139. The van der Waals surface area contributed by atoms with Crippen molar-refractivity contribution < 1.29 is 18.0 Å². The van der Waals surface area contributed by atoms with Crippen LogP contribution in [0, 0.1) is 6.92 Å². The Morgan fingerprint density at radius 2 is 1.61 bits per heavy atom. The van der Waals surface area contributed by atoms with Gasteiger partial charge in [0.25, 0.3) is 10.0 Å². The Morgan fingerprint density at radius 1 is 0.951 bits per heavy atom. The van der Waals surface area contributed by atoms with Crippen LogP contribution >= 0.6 is 23.2 Å². The van der Waals surface area contributed by atoms with Crippen LogP contribution in [-0.2, 0) is 26.2 Å². The predicted molar refractivity (Wildman–Crippen MR) is 164 cm³/mol. The Kier molecular flexibility index (Phi) is 10.3. The molecule has 3 aromatic carbocycles. The summed E-state index contributed by atoms with van der Waals surface area (Å²) in [6.45, 7) is 2.91. The van der Waals surface area contributed by atoms with E-state index in [0.29, 0.717) is 21.2 Å². The highest BCUT2D eigenvalue weighted by molar-refractivity contribution is 7.92. The van der Waals surface area contributed by atoms with Gasteiger partial charge >= 0.3 is 0 Å². The zero-order valence-electron chi connectivity index (χ0n) is 23.2. The maximum Gasteiger partial charge on any atom is 0.264 e. The number of halogens is 2. The lowest BCUT2D eigenvalue weighted by atomic mass is 9.95. The number of hydrogen-bond donors (Lipinski definition) is 1. The summed E-state index contributed by atoms with van der Waals surface area (Å²) in [5, 5.41) is 3.88. The summed E-state index contributed by atoms with van der Waals surface area (Å²) in [7, 11) is -4.17. The zero-order valence-corrected chi connectivity index (χ0v) is 25.6. The van der Waals surface area contributed by atoms with Crippen LogP contribution < -0.4 is 9.62 Å². The maximum atomic E-state index is 14.1. The molecule has 0 aromatic heterocycles. The van der Waals surface area contributed by atoms with Crippen LogP contribution in [0.1, 0.15) is 50.2 Å². The summed E-state index contributed by atoms with van der Waals surface area (Å²) in [5.41, 5.74) is 1.56. The Bertz CT molecular complexity index is 1480. The van der Waals surface area contributed by atoms with Crippen LogP contribution in [0.4, 0.5) is 5.69 Å². The first kappa shape index (κ1) is 30.9. The molecule has 0 aliphatic heterocycles. The van der Waals surface area contributed by atoms with Gasteiger partial charge in [0.2, 0.25) is 11.8 Å². The van der Waals surface area contributed by atoms with Crippen LogP contribution in [0.25, 0.3) is 0 Å². The number of nitrogens with one attached hydrogen (secondary N) is 1. The number of anilines is 1. The van der Waals surface area contributed by atoms with Crippen molar-refractivity contribution in [2.75, 3.05) is 10.8 Å². The number of benzene rings is 3. The minimum Gasteiger partial charge on any atom is -0.352 e. The third-order valence-corrected chi connectivity index (χ3v) is 9.85. The van der Waals surface area contributed by atoms with Crippen molar-refractivity contribution in [3.63, 3.8) is 0 Å². The Hall–Kier alpha value is -3.07. The van der Waals surface area contributed by atoms with Crippen molar-refractivity contribution in [3.8, 4) is 0 Å². The van der Waals surface area contributed by atoms with E-state index >= 15 is 0 Å². The van der Waals surface area contributed by atoms with Crippen molar-refractivity contribution in [1.82, 2.24) is 10.2 Å². The monoisotopic (exact) mass is 615 g/mol. The topological polar surface area (TPSA) is 86.8 Å². The zero-order chi connectivity index (χ0) is 29.6.